The summed E-state index contributed by atoms with van der Waals surface area (Å²) in [4.78, 5) is 51.8. The van der Waals surface area contributed by atoms with Crippen LogP contribution in [0, 0.1) is 0 Å². The Labute approximate surface area is 251 Å². The quantitative estimate of drug-likeness (QED) is 0.193. The van der Waals surface area contributed by atoms with Crippen LogP contribution in [0.2, 0.25) is 0 Å². The molecule has 0 amide bonds. The molecule has 1 aliphatic heterocycles. The molecule has 232 valence electrons. The van der Waals surface area contributed by atoms with E-state index in [0.717, 1.165) is 60.9 Å². The SMILES string of the molecule is COc1ccc(CCN2CCC(Nc3nc4ccccc4n3Cc3cnccn3)C2)cc1.O=C([O-])C(=O)[O-].O=C([O-])C(=O)[O-]. The fourth-order valence-electron chi connectivity index (χ4n) is 4.33. The summed E-state index contributed by atoms with van der Waals surface area (Å²) in [5.41, 5.74) is 4.36. The van der Waals surface area contributed by atoms with Crippen LogP contribution in [0.25, 0.3) is 11.0 Å². The van der Waals surface area contributed by atoms with E-state index in [9.17, 15) is 0 Å². The average Bonchev–Trinajstić information content (AvgIpc) is 3.61. The van der Waals surface area contributed by atoms with Crippen molar-refractivity contribution in [1.29, 1.82) is 0 Å². The maximum absolute atomic E-state index is 8.93. The normalized spacial score (nSPS) is 14.0. The van der Waals surface area contributed by atoms with Crippen molar-refractivity contribution in [3.05, 3.63) is 78.4 Å². The van der Waals surface area contributed by atoms with Crippen LogP contribution in [0.1, 0.15) is 17.7 Å². The number of nitrogens with one attached hydrogen (secondary N) is 1. The van der Waals surface area contributed by atoms with Crippen LogP contribution >= 0.6 is 0 Å². The second-order valence-electron chi connectivity index (χ2n) is 9.39. The molecule has 1 N–H and O–H groups in total. The highest BCUT2D eigenvalue weighted by atomic mass is 16.5. The number of aliphatic carboxylic acids is 4. The lowest BCUT2D eigenvalue weighted by molar-refractivity contribution is -0.345. The molecular weight excluding hydrogens is 576 g/mol. The first-order chi connectivity index (χ1) is 21.1. The van der Waals surface area contributed by atoms with Gasteiger partial charge in [-0.2, -0.15) is 0 Å². The fraction of sp³-hybridized carbons (Fsp3) is 0.276. The Bertz CT molecular complexity index is 1510. The number of methoxy groups -OCH3 is 1. The monoisotopic (exact) mass is 604 g/mol. The molecule has 0 bridgehead atoms. The minimum atomic E-state index is -2.19. The van der Waals surface area contributed by atoms with Crippen LogP contribution in [0.4, 0.5) is 5.95 Å². The predicted octanol–water partition coefficient (Wildman–Crippen LogP) is -3.42. The van der Waals surface area contributed by atoms with Gasteiger partial charge in [-0.3, -0.25) is 9.97 Å². The molecule has 1 saturated heterocycles. The van der Waals surface area contributed by atoms with Crippen molar-refractivity contribution >= 4 is 40.9 Å². The third-order valence-corrected chi connectivity index (χ3v) is 6.41. The number of hydrogen-bond donors (Lipinski definition) is 1. The molecule has 1 fully saturated rings. The van der Waals surface area contributed by atoms with Gasteiger partial charge in [0.2, 0.25) is 5.95 Å². The van der Waals surface area contributed by atoms with Crippen molar-refractivity contribution in [2.45, 2.75) is 25.4 Å². The maximum Gasteiger partial charge on any atom is 0.204 e. The first-order valence-corrected chi connectivity index (χ1v) is 13.2. The highest BCUT2D eigenvalue weighted by Crippen LogP contribution is 2.23. The fourth-order valence-corrected chi connectivity index (χ4v) is 4.33. The van der Waals surface area contributed by atoms with Gasteiger partial charge in [-0.05, 0) is 42.7 Å². The van der Waals surface area contributed by atoms with Gasteiger partial charge in [0, 0.05) is 38.1 Å². The lowest BCUT2D eigenvalue weighted by Crippen LogP contribution is -2.42. The number of carbonyl (C=O) groups is 4. The van der Waals surface area contributed by atoms with Crippen LogP contribution in [0.3, 0.4) is 0 Å². The minimum absolute atomic E-state index is 0.378. The molecule has 44 heavy (non-hydrogen) atoms. The molecule has 15 nitrogen and oxygen atoms in total. The van der Waals surface area contributed by atoms with Crippen molar-refractivity contribution in [2.24, 2.45) is 0 Å². The van der Waals surface area contributed by atoms with E-state index in [4.69, 9.17) is 49.3 Å². The van der Waals surface area contributed by atoms with E-state index in [0.29, 0.717) is 12.6 Å². The van der Waals surface area contributed by atoms with Gasteiger partial charge in [0.25, 0.3) is 0 Å². The van der Waals surface area contributed by atoms with Gasteiger partial charge < -0.3 is 59.1 Å². The van der Waals surface area contributed by atoms with Crippen molar-refractivity contribution in [2.75, 3.05) is 32.1 Å². The molecular formula is C29H28N6O9-4. The average molecular weight is 605 g/mol. The predicted molar refractivity (Wildman–Crippen MR) is 146 cm³/mol. The molecule has 0 aliphatic carbocycles. The number of nitrogens with zero attached hydrogens (tertiary/aromatic N) is 5. The Morgan fingerprint density at radius 3 is 2.18 bits per heavy atom. The first-order valence-electron chi connectivity index (χ1n) is 13.2. The number of imidazole rings is 1. The standard InChI is InChI=1S/C25H28N6O.2C2H2O4/c1-32-22-8-6-19(7-9-22)10-14-30-15-11-20(17-30)28-25-29-23-4-2-3-5-24(23)31(25)18-21-16-26-12-13-27-21;2*3-1(4)2(5)6/h2-9,12-13,16,20H,10-11,14-15,17-18H2,1H3,(H,28,29);2*(H,3,4)(H,5,6)/p-4. The Morgan fingerprint density at radius 2 is 1.59 bits per heavy atom. The summed E-state index contributed by atoms with van der Waals surface area (Å²) >= 11 is 0. The number of ether oxygens (including phenoxy) is 1. The number of anilines is 1. The Morgan fingerprint density at radius 1 is 0.932 bits per heavy atom. The van der Waals surface area contributed by atoms with Crippen LogP contribution in [0.15, 0.2) is 67.1 Å². The smallest absolute Gasteiger partial charge is 0.204 e. The van der Waals surface area contributed by atoms with E-state index in [-0.39, 0.29) is 0 Å². The van der Waals surface area contributed by atoms with Gasteiger partial charge >= 0.3 is 0 Å². The number of fused-ring (bicyclic) bond motifs is 1. The number of carboxylic acids is 4. The van der Waals surface area contributed by atoms with Gasteiger partial charge in [0.1, 0.15) is 5.75 Å². The molecule has 0 radical (unpaired) electrons. The van der Waals surface area contributed by atoms with Gasteiger partial charge in [-0.25, -0.2) is 4.98 Å². The van der Waals surface area contributed by atoms with Crippen molar-refractivity contribution < 1.29 is 44.3 Å². The molecule has 1 aliphatic rings. The number of aromatic nitrogens is 4. The van der Waals surface area contributed by atoms with Crippen molar-refractivity contribution in [1.82, 2.24) is 24.4 Å². The van der Waals surface area contributed by atoms with Gasteiger partial charge in [0.05, 0.1) is 60.5 Å². The summed E-state index contributed by atoms with van der Waals surface area (Å²) in [5, 5.41) is 39.4. The van der Waals surface area contributed by atoms with Gasteiger partial charge in [-0.1, -0.05) is 24.3 Å². The summed E-state index contributed by atoms with van der Waals surface area (Å²) in [6.45, 7) is 3.81. The number of likely N-dealkylation sites (tertiary alicyclic amines) is 1. The van der Waals surface area contributed by atoms with E-state index in [2.05, 4.69) is 55.1 Å². The number of carboxylic acid groups (broad SMARTS) is 4. The lowest BCUT2D eigenvalue weighted by Gasteiger charge is -2.18. The highest BCUT2D eigenvalue weighted by Gasteiger charge is 2.24. The molecule has 2 aromatic heterocycles. The second-order valence-corrected chi connectivity index (χ2v) is 9.39. The Balaban J connectivity index is 0.000000375. The van der Waals surface area contributed by atoms with E-state index < -0.39 is 23.9 Å². The van der Waals surface area contributed by atoms with Crippen LogP contribution in [-0.4, -0.2) is 81.1 Å². The van der Waals surface area contributed by atoms with Crippen LogP contribution in [0.5, 0.6) is 5.75 Å². The van der Waals surface area contributed by atoms with Crippen molar-refractivity contribution in [3.8, 4) is 5.75 Å². The maximum atomic E-state index is 8.93. The van der Waals surface area contributed by atoms with E-state index in [1.807, 2.05) is 24.4 Å². The summed E-state index contributed by atoms with van der Waals surface area (Å²) in [6, 6.07) is 17.0. The lowest BCUT2D eigenvalue weighted by atomic mass is 10.1. The number of rotatable bonds is 8. The molecule has 0 saturated carbocycles. The zero-order valence-corrected chi connectivity index (χ0v) is 23.6. The Hall–Kier alpha value is -5.57. The zero-order valence-electron chi connectivity index (χ0n) is 23.6. The topological polar surface area (TPSA) is 229 Å². The summed E-state index contributed by atoms with van der Waals surface area (Å²) in [5.74, 6) is -6.93. The largest absolute Gasteiger partial charge is 0.543 e. The van der Waals surface area contributed by atoms with E-state index in [1.54, 1.807) is 19.5 Å². The first kappa shape index (κ1) is 32.9. The number of benzene rings is 2. The van der Waals surface area contributed by atoms with Crippen LogP contribution in [-0.2, 0) is 32.1 Å². The molecule has 5 rings (SSSR count). The highest BCUT2D eigenvalue weighted by molar-refractivity contribution is 6.25. The van der Waals surface area contributed by atoms with Gasteiger partial charge in [-0.15, -0.1) is 0 Å². The third-order valence-electron chi connectivity index (χ3n) is 6.41. The number of hydrogen-bond acceptors (Lipinski definition) is 14. The summed E-state index contributed by atoms with van der Waals surface area (Å²) < 4.78 is 7.46. The number of carbonyl (C=O) groups excluding carboxylic acids is 4. The summed E-state index contributed by atoms with van der Waals surface area (Å²) in [6.07, 6.45) is 7.40. The molecule has 1 unspecified atom stereocenters. The second kappa shape index (κ2) is 16.2. The molecule has 15 heteroatoms. The molecule has 1 atom stereocenters. The number of para-hydroxylation sites is 2. The van der Waals surface area contributed by atoms with E-state index in [1.165, 1.54) is 5.56 Å². The molecule has 2 aromatic carbocycles. The molecule has 3 heterocycles. The Kier molecular flexibility index (Phi) is 12.1. The van der Waals surface area contributed by atoms with Gasteiger partial charge in [0.15, 0.2) is 0 Å². The minimum Gasteiger partial charge on any atom is -0.543 e. The third kappa shape index (κ3) is 10.1. The summed E-state index contributed by atoms with van der Waals surface area (Å²) in [7, 11) is 1.70. The van der Waals surface area contributed by atoms with Crippen molar-refractivity contribution in [3.63, 3.8) is 0 Å². The molecule has 4 aromatic rings. The molecule has 0 spiro atoms. The van der Waals surface area contributed by atoms with E-state index >= 15 is 0 Å². The zero-order chi connectivity index (χ0) is 32.1. The van der Waals surface area contributed by atoms with Crippen LogP contribution < -0.4 is 30.5 Å².